The molecule has 20 heavy (non-hydrogen) atoms. The zero-order valence-electron chi connectivity index (χ0n) is 10.2. The van der Waals surface area contributed by atoms with Crippen LogP contribution in [0.3, 0.4) is 0 Å². The topological polar surface area (TPSA) is 112 Å². The lowest BCUT2D eigenvalue weighted by Gasteiger charge is -2.08. The molecule has 0 saturated carbocycles. The number of hydrogen-bond acceptors (Lipinski definition) is 7. The van der Waals surface area contributed by atoms with Crippen molar-refractivity contribution in [1.82, 2.24) is 9.97 Å². The minimum absolute atomic E-state index is 0.127. The van der Waals surface area contributed by atoms with E-state index in [9.17, 15) is 0 Å². The third-order valence-corrected chi connectivity index (χ3v) is 2.57. The van der Waals surface area contributed by atoms with Crippen LogP contribution in [0.2, 0.25) is 0 Å². The van der Waals surface area contributed by atoms with Crippen LogP contribution in [0.25, 0.3) is 0 Å². The van der Waals surface area contributed by atoms with Gasteiger partial charge in [0.25, 0.3) is 0 Å². The van der Waals surface area contributed by atoms with E-state index in [-0.39, 0.29) is 24.2 Å². The van der Waals surface area contributed by atoms with Crippen molar-refractivity contribution in [3.8, 4) is 23.1 Å². The molecule has 0 radical (unpaired) electrons. The molecule has 3 N–H and O–H groups in total. The van der Waals surface area contributed by atoms with E-state index in [4.69, 9.17) is 25.2 Å². The first-order chi connectivity index (χ1) is 9.78. The molecule has 0 unspecified atom stereocenters. The Morgan fingerprint density at radius 3 is 2.90 bits per heavy atom. The average Bonchev–Trinajstić information content (AvgIpc) is 2.94. The first kappa shape index (κ1) is 12.0. The van der Waals surface area contributed by atoms with E-state index in [0.717, 1.165) is 0 Å². The highest BCUT2D eigenvalue weighted by atomic mass is 16.7. The lowest BCUT2D eigenvalue weighted by atomic mass is 10.3. The summed E-state index contributed by atoms with van der Waals surface area (Å²) in [5.41, 5.74) is 5.66. The predicted octanol–water partition coefficient (Wildman–Crippen LogP) is 1.09. The van der Waals surface area contributed by atoms with Crippen LogP contribution >= 0.6 is 0 Å². The van der Waals surface area contributed by atoms with E-state index in [0.29, 0.717) is 17.2 Å². The van der Waals surface area contributed by atoms with Crippen LogP contribution in [0, 0.1) is 0 Å². The summed E-state index contributed by atoms with van der Waals surface area (Å²) in [7, 11) is 0. The van der Waals surface area contributed by atoms with Crippen molar-refractivity contribution in [1.29, 1.82) is 0 Å². The number of aromatic nitrogens is 2. The second kappa shape index (κ2) is 4.92. The van der Waals surface area contributed by atoms with Crippen molar-refractivity contribution in [3.05, 3.63) is 36.3 Å². The summed E-state index contributed by atoms with van der Waals surface area (Å²) in [5, 5.41) is 11.6. The molecule has 0 bridgehead atoms. The Labute approximate surface area is 113 Å². The van der Waals surface area contributed by atoms with Crippen molar-refractivity contribution >= 4 is 5.84 Å². The van der Waals surface area contributed by atoms with Crippen molar-refractivity contribution in [2.75, 3.05) is 6.79 Å². The molecule has 0 aliphatic carbocycles. The molecule has 0 saturated heterocycles. The second-order valence-electron chi connectivity index (χ2n) is 3.81. The number of nitrogens with zero attached hydrogens (tertiary/aromatic N) is 3. The maximum atomic E-state index is 8.71. The van der Waals surface area contributed by atoms with Gasteiger partial charge in [-0.1, -0.05) is 5.16 Å². The Balaban J connectivity index is 1.92. The number of fused-ring (bicyclic) bond motifs is 1. The van der Waals surface area contributed by atoms with Crippen LogP contribution in [0.1, 0.15) is 5.69 Å². The molecule has 1 aromatic carbocycles. The number of benzene rings is 1. The summed E-state index contributed by atoms with van der Waals surface area (Å²) in [4.78, 5) is 7.97. The fraction of sp³-hybridized carbons (Fsp3) is 0.0833. The van der Waals surface area contributed by atoms with E-state index in [2.05, 4.69) is 15.1 Å². The SMILES string of the molecule is NC(=NO)c1nccnc1Oc1ccc2c(c1)OCO2. The molecule has 1 aliphatic rings. The number of ether oxygens (including phenoxy) is 3. The smallest absolute Gasteiger partial charge is 0.249 e. The van der Waals surface area contributed by atoms with Crippen LogP contribution in [-0.2, 0) is 0 Å². The van der Waals surface area contributed by atoms with Crippen molar-refractivity contribution in [2.24, 2.45) is 10.9 Å². The summed E-state index contributed by atoms with van der Waals surface area (Å²) in [6, 6.07) is 5.07. The highest BCUT2D eigenvalue weighted by Gasteiger charge is 2.16. The van der Waals surface area contributed by atoms with E-state index in [1.54, 1.807) is 18.2 Å². The van der Waals surface area contributed by atoms with Crippen LogP contribution in [0.5, 0.6) is 23.1 Å². The van der Waals surface area contributed by atoms with Crippen LogP contribution in [-0.4, -0.2) is 27.8 Å². The molecule has 102 valence electrons. The first-order valence-corrected chi connectivity index (χ1v) is 5.64. The van der Waals surface area contributed by atoms with E-state index in [1.165, 1.54) is 12.4 Å². The normalized spacial score (nSPS) is 13.3. The quantitative estimate of drug-likeness (QED) is 0.373. The molecular weight excluding hydrogens is 264 g/mol. The Morgan fingerprint density at radius 1 is 1.25 bits per heavy atom. The van der Waals surface area contributed by atoms with Gasteiger partial charge in [-0.25, -0.2) is 9.97 Å². The van der Waals surface area contributed by atoms with Crippen LogP contribution < -0.4 is 19.9 Å². The van der Waals surface area contributed by atoms with Crippen molar-refractivity contribution < 1.29 is 19.4 Å². The number of rotatable bonds is 3. The van der Waals surface area contributed by atoms with Crippen LogP contribution in [0.4, 0.5) is 0 Å². The van der Waals surface area contributed by atoms with Gasteiger partial charge in [-0.15, -0.1) is 0 Å². The summed E-state index contributed by atoms with van der Waals surface area (Å²) >= 11 is 0. The third kappa shape index (κ3) is 2.14. The van der Waals surface area contributed by atoms with Gasteiger partial charge in [0.2, 0.25) is 12.7 Å². The number of nitrogens with two attached hydrogens (primary N) is 1. The number of hydrogen-bond donors (Lipinski definition) is 2. The Morgan fingerprint density at radius 2 is 2.05 bits per heavy atom. The van der Waals surface area contributed by atoms with E-state index >= 15 is 0 Å². The summed E-state index contributed by atoms with van der Waals surface area (Å²) in [5.74, 6) is 1.64. The summed E-state index contributed by atoms with van der Waals surface area (Å²) in [6.07, 6.45) is 2.86. The third-order valence-electron chi connectivity index (χ3n) is 2.57. The van der Waals surface area contributed by atoms with Crippen LogP contribution in [0.15, 0.2) is 35.7 Å². The Bertz CT molecular complexity index is 674. The molecule has 2 heterocycles. The van der Waals surface area contributed by atoms with Gasteiger partial charge in [-0.3, -0.25) is 0 Å². The number of oxime groups is 1. The molecule has 1 aliphatic heterocycles. The summed E-state index contributed by atoms with van der Waals surface area (Å²) in [6.45, 7) is 0.180. The van der Waals surface area contributed by atoms with Gasteiger partial charge >= 0.3 is 0 Å². The van der Waals surface area contributed by atoms with E-state index < -0.39 is 0 Å². The second-order valence-corrected chi connectivity index (χ2v) is 3.81. The lowest BCUT2D eigenvalue weighted by Crippen LogP contribution is -2.16. The fourth-order valence-corrected chi connectivity index (χ4v) is 1.67. The minimum atomic E-state index is -0.186. The predicted molar refractivity (Wildman–Crippen MR) is 67.2 cm³/mol. The standard InChI is InChI=1S/C12H10N4O4/c13-11(16-17)10-12(15-4-3-14-10)20-7-1-2-8-9(5-7)19-6-18-8/h1-5,17H,6H2,(H2,13,16). The first-order valence-electron chi connectivity index (χ1n) is 5.64. The van der Waals surface area contributed by atoms with Gasteiger partial charge in [0.15, 0.2) is 23.0 Å². The Hall–Kier alpha value is -3.03. The number of amidine groups is 1. The van der Waals surface area contributed by atoms with E-state index in [1.807, 2.05) is 0 Å². The fourth-order valence-electron chi connectivity index (χ4n) is 1.67. The molecule has 0 spiro atoms. The highest BCUT2D eigenvalue weighted by Crippen LogP contribution is 2.36. The van der Waals surface area contributed by atoms with Gasteiger partial charge in [0.05, 0.1) is 0 Å². The molecule has 1 aromatic heterocycles. The molecule has 8 nitrogen and oxygen atoms in total. The zero-order chi connectivity index (χ0) is 13.9. The molecule has 2 aromatic rings. The zero-order valence-corrected chi connectivity index (χ0v) is 10.2. The van der Waals surface area contributed by atoms with Crippen molar-refractivity contribution in [3.63, 3.8) is 0 Å². The molecule has 3 rings (SSSR count). The lowest BCUT2D eigenvalue weighted by molar-refractivity contribution is 0.174. The Kier molecular flexibility index (Phi) is 2.96. The van der Waals surface area contributed by atoms with Gasteiger partial charge < -0.3 is 25.2 Å². The van der Waals surface area contributed by atoms with Gasteiger partial charge in [0, 0.05) is 18.5 Å². The molecular formula is C12H10N4O4. The maximum absolute atomic E-state index is 8.71. The molecule has 0 atom stereocenters. The monoisotopic (exact) mass is 274 g/mol. The van der Waals surface area contributed by atoms with Gasteiger partial charge in [-0.05, 0) is 12.1 Å². The minimum Gasteiger partial charge on any atom is -0.454 e. The highest BCUT2D eigenvalue weighted by molar-refractivity contribution is 5.97. The average molecular weight is 274 g/mol. The summed E-state index contributed by atoms with van der Waals surface area (Å²) < 4.78 is 16.0. The maximum Gasteiger partial charge on any atom is 0.249 e. The molecule has 8 heteroatoms. The molecule has 0 fully saturated rings. The van der Waals surface area contributed by atoms with Gasteiger partial charge in [-0.2, -0.15) is 0 Å². The van der Waals surface area contributed by atoms with Crippen molar-refractivity contribution in [2.45, 2.75) is 0 Å². The molecule has 0 amide bonds. The largest absolute Gasteiger partial charge is 0.454 e. The van der Waals surface area contributed by atoms with Gasteiger partial charge in [0.1, 0.15) is 5.75 Å².